The molecule has 0 unspecified atom stereocenters. The predicted molar refractivity (Wildman–Crippen MR) is 109 cm³/mol. The van der Waals surface area contributed by atoms with E-state index in [1.807, 2.05) is 24.4 Å². The fourth-order valence-electron chi connectivity index (χ4n) is 1.97. The van der Waals surface area contributed by atoms with Gasteiger partial charge < -0.3 is 20.5 Å². The number of rotatable bonds is 7. The highest BCUT2D eigenvalue weighted by atomic mass is 127. The number of ether oxygens (including phenoxy) is 2. The van der Waals surface area contributed by atoms with Crippen LogP contribution in [-0.2, 0) is 19.5 Å². The molecule has 0 saturated carbocycles. The molecule has 6 nitrogen and oxygen atoms in total. The Labute approximate surface area is 163 Å². The molecule has 2 rings (SSSR count). The van der Waals surface area contributed by atoms with Crippen molar-refractivity contribution in [1.82, 2.24) is 10.3 Å². The van der Waals surface area contributed by atoms with Crippen molar-refractivity contribution in [3.8, 4) is 11.5 Å². The number of nitrogens with zero attached hydrogens (tertiary/aromatic N) is 2. The number of hydrogen-bond donors (Lipinski definition) is 2. The van der Waals surface area contributed by atoms with Crippen molar-refractivity contribution in [3.63, 3.8) is 0 Å². The fraction of sp³-hybridized carbons (Fsp3) is 0.375. The zero-order valence-corrected chi connectivity index (χ0v) is 17.2. The van der Waals surface area contributed by atoms with Crippen molar-refractivity contribution in [2.75, 3.05) is 14.2 Å². The monoisotopic (exact) mass is 462 g/mol. The molecule has 0 saturated heterocycles. The van der Waals surface area contributed by atoms with Gasteiger partial charge in [-0.05, 0) is 24.1 Å². The first-order valence-corrected chi connectivity index (χ1v) is 8.16. The number of aliphatic imine (C=N–C) groups is 1. The van der Waals surface area contributed by atoms with E-state index in [1.54, 1.807) is 25.6 Å². The van der Waals surface area contributed by atoms with Gasteiger partial charge in [0.2, 0.25) is 0 Å². The Balaban J connectivity index is 0.00000288. The number of benzene rings is 1. The van der Waals surface area contributed by atoms with Gasteiger partial charge in [0.15, 0.2) is 17.5 Å². The van der Waals surface area contributed by atoms with Crippen LogP contribution in [0.3, 0.4) is 0 Å². The number of methoxy groups -OCH3 is 2. The number of aryl methyl sites for hydroxylation is 1. The van der Waals surface area contributed by atoms with Crippen molar-refractivity contribution in [1.29, 1.82) is 0 Å². The molecule has 3 N–H and O–H groups in total. The van der Waals surface area contributed by atoms with Gasteiger partial charge in [0.25, 0.3) is 0 Å². The molecule has 0 radical (unpaired) electrons. The molecule has 0 bridgehead atoms. The minimum absolute atomic E-state index is 0. The molecule has 2 aromatic rings. The smallest absolute Gasteiger partial charge is 0.189 e. The van der Waals surface area contributed by atoms with Gasteiger partial charge in [-0.3, -0.25) is 0 Å². The van der Waals surface area contributed by atoms with Crippen LogP contribution in [0.25, 0.3) is 0 Å². The first-order valence-electron chi connectivity index (χ1n) is 7.34. The van der Waals surface area contributed by atoms with Crippen LogP contribution in [0, 0.1) is 0 Å². The lowest BCUT2D eigenvalue weighted by atomic mass is 10.2. The molecular weight excluding hydrogens is 439 g/mol. The third-order valence-electron chi connectivity index (χ3n) is 3.25. The maximum atomic E-state index is 5.90. The van der Waals surface area contributed by atoms with Gasteiger partial charge in [-0.15, -0.1) is 35.3 Å². The normalized spacial score (nSPS) is 10.9. The van der Waals surface area contributed by atoms with Crippen LogP contribution in [0.15, 0.2) is 29.4 Å². The number of nitrogens with one attached hydrogen (secondary N) is 1. The van der Waals surface area contributed by atoms with E-state index in [1.165, 1.54) is 4.88 Å². The van der Waals surface area contributed by atoms with Crippen LogP contribution in [0.2, 0.25) is 0 Å². The molecule has 8 heteroatoms. The van der Waals surface area contributed by atoms with Gasteiger partial charge in [0, 0.05) is 11.1 Å². The SMILES string of the molecule is CCc1cnc(CNC(N)=NCc2ccc(OC)c(OC)c2)s1.I. The molecule has 0 aliphatic carbocycles. The Morgan fingerprint density at radius 1 is 1.29 bits per heavy atom. The Morgan fingerprint density at radius 3 is 2.67 bits per heavy atom. The lowest BCUT2D eigenvalue weighted by Gasteiger charge is -2.09. The summed E-state index contributed by atoms with van der Waals surface area (Å²) in [5.74, 6) is 1.77. The zero-order chi connectivity index (χ0) is 16.7. The van der Waals surface area contributed by atoms with E-state index in [2.05, 4.69) is 22.2 Å². The topological polar surface area (TPSA) is 81.8 Å². The van der Waals surface area contributed by atoms with Crippen LogP contribution >= 0.6 is 35.3 Å². The van der Waals surface area contributed by atoms with Crippen LogP contribution in [0.5, 0.6) is 11.5 Å². The summed E-state index contributed by atoms with van der Waals surface area (Å²) < 4.78 is 10.5. The summed E-state index contributed by atoms with van der Waals surface area (Å²) in [5, 5.41) is 4.08. The van der Waals surface area contributed by atoms with Crippen LogP contribution in [0.1, 0.15) is 22.4 Å². The quantitative estimate of drug-likeness (QED) is 0.376. The van der Waals surface area contributed by atoms with Gasteiger partial charge in [-0.1, -0.05) is 13.0 Å². The molecule has 0 spiro atoms. The minimum atomic E-state index is 0. The standard InChI is InChI=1S/C16H22N4O2S.HI/c1-4-12-9-18-15(23-12)10-20-16(17)19-8-11-5-6-13(21-2)14(7-11)22-3;/h5-7,9H,4,8,10H2,1-3H3,(H3,17,19,20);1H. The number of nitrogens with two attached hydrogens (primary N) is 1. The van der Waals surface area contributed by atoms with E-state index in [0.717, 1.165) is 17.0 Å². The predicted octanol–water partition coefficient (Wildman–Crippen LogP) is 2.95. The number of hydrogen-bond acceptors (Lipinski definition) is 5. The van der Waals surface area contributed by atoms with Crippen molar-refractivity contribution in [2.24, 2.45) is 10.7 Å². The largest absolute Gasteiger partial charge is 0.493 e. The summed E-state index contributed by atoms with van der Waals surface area (Å²) in [6, 6.07) is 5.69. The zero-order valence-electron chi connectivity index (χ0n) is 14.0. The summed E-state index contributed by atoms with van der Waals surface area (Å²) in [5.41, 5.74) is 6.89. The van der Waals surface area contributed by atoms with Crippen LogP contribution < -0.4 is 20.5 Å². The maximum Gasteiger partial charge on any atom is 0.189 e. The maximum absolute atomic E-state index is 5.90. The first kappa shape index (κ1) is 20.5. The van der Waals surface area contributed by atoms with Crippen LogP contribution in [0.4, 0.5) is 0 Å². The van der Waals surface area contributed by atoms with Gasteiger partial charge in [0.1, 0.15) is 5.01 Å². The third kappa shape index (κ3) is 5.82. The second-order valence-electron chi connectivity index (χ2n) is 4.82. The Morgan fingerprint density at radius 2 is 2.04 bits per heavy atom. The molecule has 1 heterocycles. The highest BCUT2D eigenvalue weighted by molar-refractivity contribution is 14.0. The van der Waals surface area contributed by atoms with E-state index < -0.39 is 0 Å². The molecular formula is C16H23IN4O2S. The molecule has 0 atom stereocenters. The van der Waals surface area contributed by atoms with E-state index in [-0.39, 0.29) is 24.0 Å². The van der Waals surface area contributed by atoms with Gasteiger partial charge in [-0.25, -0.2) is 9.98 Å². The average molecular weight is 462 g/mol. The van der Waals surface area contributed by atoms with Crippen molar-refractivity contribution in [2.45, 2.75) is 26.4 Å². The van der Waals surface area contributed by atoms with Crippen molar-refractivity contribution >= 4 is 41.3 Å². The Bertz CT molecular complexity index is 676. The van der Waals surface area contributed by atoms with Gasteiger partial charge >= 0.3 is 0 Å². The van der Waals surface area contributed by atoms with E-state index in [0.29, 0.717) is 30.5 Å². The van der Waals surface area contributed by atoms with Gasteiger partial charge in [0.05, 0.1) is 27.3 Å². The highest BCUT2D eigenvalue weighted by Crippen LogP contribution is 2.27. The lowest BCUT2D eigenvalue weighted by Crippen LogP contribution is -2.31. The molecule has 1 aromatic carbocycles. The summed E-state index contributed by atoms with van der Waals surface area (Å²) in [7, 11) is 3.22. The van der Waals surface area contributed by atoms with E-state index in [9.17, 15) is 0 Å². The molecule has 1 aromatic heterocycles. The summed E-state index contributed by atoms with van der Waals surface area (Å²) >= 11 is 1.68. The molecule has 0 fully saturated rings. The summed E-state index contributed by atoms with van der Waals surface area (Å²) in [6.45, 7) is 3.17. The van der Waals surface area contributed by atoms with Gasteiger partial charge in [-0.2, -0.15) is 0 Å². The van der Waals surface area contributed by atoms with E-state index >= 15 is 0 Å². The van der Waals surface area contributed by atoms with Crippen LogP contribution in [-0.4, -0.2) is 25.2 Å². The highest BCUT2D eigenvalue weighted by Gasteiger charge is 2.04. The Kier molecular flexibility index (Phi) is 8.83. The molecule has 0 amide bonds. The average Bonchev–Trinajstić information content (AvgIpc) is 3.05. The molecule has 24 heavy (non-hydrogen) atoms. The second kappa shape index (κ2) is 10.3. The fourth-order valence-corrected chi connectivity index (χ4v) is 2.77. The van der Waals surface area contributed by atoms with Crippen molar-refractivity contribution < 1.29 is 9.47 Å². The number of halogens is 1. The Hall–Kier alpha value is -1.55. The number of thiazole rings is 1. The molecule has 132 valence electrons. The van der Waals surface area contributed by atoms with E-state index in [4.69, 9.17) is 15.2 Å². The summed E-state index contributed by atoms with van der Waals surface area (Å²) in [6.07, 6.45) is 2.90. The number of guanidine groups is 1. The molecule has 0 aliphatic heterocycles. The third-order valence-corrected chi connectivity index (χ3v) is 4.39. The second-order valence-corrected chi connectivity index (χ2v) is 6.02. The van der Waals surface area contributed by atoms with Crippen molar-refractivity contribution in [3.05, 3.63) is 39.8 Å². The lowest BCUT2D eigenvalue weighted by molar-refractivity contribution is 0.354. The molecule has 0 aliphatic rings. The minimum Gasteiger partial charge on any atom is -0.493 e. The number of aromatic nitrogens is 1. The first-order chi connectivity index (χ1) is 11.2. The summed E-state index contributed by atoms with van der Waals surface area (Å²) in [4.78, 5) is 9.93.